The van der Waals surface area contributed by atoms with E-state index in [2.05, 4.69) is 25.6 Å². The molecule has 1 heterocycles. The van der Waals surface area contributed by atoms with Gasteiger partial charge in [0.25, 0.3) is 0 Å². The van der Waals surface area contributed by atoms with Crippen molar-refractivity contribution in [2.75, 3.05) is 0 Å². The van der Waals surface area contributed by atoms with E-state index >= 15 is 0 Å². The number of rotatable bonds is 2. The molecule has 4 nitrogen and oxygen atoms in total. The fourth-order valence-electron chi connectivity index (χ4n) is 1.25. The van der Waals surface area contributed by atoms with Crippen molar-refractivity contribution in [3.8, 4) is 11.3 Å². The van der Waals surface area contributed by atoms with E-state index in [9.17, 15) is 13.6 Å². The summed E-state index contributed by atoms with van der Waals surface area (Å²) in [6.07, 6.45) is 0. The van der Waals surface area contributed by atoms with Crippen molar-refractivity contribution in [3.05, 3.63) is 40.0 Å². The van der Waals surface area contributed by atoms with E-state index in [4.69, 9.17) is 5.11 Å². The molecule has 0 spiro atoms. The second-order valence-corrected chi connectivity index (χ2v) is 3.95. The highest BCUT2D eigenvalue weighted by Crippen LogP contribution is 2.30. The van der Waals surface area contributed by atoms with Gasteiger partial charge in [-0.15, -0.1) is 0 Å². The summed E-state index contributed by atoms with van der Waals surface area (Å²) in [6, 6.07) is 3.18. The van der Waals surface area contributed by atoms with Crippen molar-refractivity contribution in [3.63, 3.8) is 0 Å². The standard InChI is InChI=1S/C10H4BrF2NO3/c11-4-1-2-5(12)8(9(4)13)7-3-6(10(15)16)14-17-7/h1-3H,(H,15,16). The van der Waals surface area contributed by atoms with Crippen LogP contribution in [0.25, 0.3) is 11.3 Å². The average molecular weight is 304 g/mol. The molecule has 0 radical (unpaired) electrons. The van der Waals surface area contributed by atoms with E-state index in [0.717, 1.165) is 12.1 Å². The first kappa shape index (κ1) is 11.7. The number of benzene rings is 1. The molecule has 1 aromatic heterocycles. The maximum atomic E-state index is 13.6. The Balaban J connectivity index is 2.60. The van der Waals surface area contributed by atoms with Crippen molar-refractivity contribution in [1.29, 1.82) is 0 Å². The summed E-state index contributed by atoms with van der Waals surface area (Å²) in [5.41, 5.74) is -0.877. The average Bonchev–Trinajstić information content (AvgIpc) is 2.73. The van der Waals surface area contributed by atoms with Crippen LogP contribution in [-0.4, -0.2) is 16.2 Å². The van der Waals surface area contributed by atoms with E-state index in [1.54, 1.807) is 0 Å². The highest BCUT2D eigenvalue weighted by Gasteiger charge is 2.20. The second-order valence-electron chi connectivity index (χ2n) is 3.10. The van der Waals surface area contributed by atoms with Gasteiger partial charge >= 0.3 is 5.97 Å². The molecule has 1 N–H and O–H groups in total. The molecule has 0 unspecified atom stereocenters. The maximum Gasteiger partial charge on any atom is 0.358 e. The van der Waals surface area contributed by atoms with Crippen LogP contribution in [0.15, 0.2) is 27.2 Å². The Hall–Kier alpha value is -1.76. The van der Waals surface area contributed by atoms with Gasteiger partial charge in [0, 0.05) is 6.07 Å². The van der Waals surface area contributed by atoms with Gasteiger partial charge in [0.05, 0.1) is 10.0 Å². The molecule has 2 rings (SSSR count). The topological polar surface area (TPSA) is 63.3 Å². The van der Waals surface area contributed by atoms with Gasteiger partial charge in [-0.25, -0.2) is 13.6 Å². The largest absolute Gasteiger partial charge is 0.476 e. The fraction of sp³-hybridized carbons (Fsp3) is 0. The number of nitrogens with zero attached hydrogens (tertiary/aromatic N) is 1. The Morgan fingerprint density at radius 3 is 2.71 bits per heavy atom. The summed E-state index contributed by atoms with van der Waals surface area (Å²) in [4.78, 5) is 10.6. The van der Waals surface area contributed by atoms with Gasteiger partial charge in [-0.05, 0) is 28.1 Å². The first-order valence-corrected chi connectivity index (χ1v) is 5.14. The van der Waals surface area contributed by atoms with Crippen molar-refractivity contribution in [1.82, 2.24) is 5.16 Å². The van der Waals surface area contributed by atoms with Crippen molar-refractivity contribution in [2.24, 2.45) is 0 Å². The molecule has 0 amide bonds. The lowest BCUT2D eigenvalue weighted by atomic mass is 10.1. The van der Waals surface area contributed by atoms with Gasteiger partial charge < -0.3 is 9.63 Å². The van der Waals surface area contributed by atoms with Crippen molar-refractivity contribution < 1.29 is 23.2 Å². The van der Waals surface area contributed by atoms with Gasteiger partial charge in [-0.3, -0.25) is 0 Å². The monoisotopic (exact) mass is 303 g/mol. The molecular formula is C10H4BrF2NO3. The molecule has 0 bridgehead atoms. The summed E-state index contributed by atoms with van der Waals surface area (Å²) in [6.45, 7) is 0. The number of carbonyl (C=O) groups is 1. The van der Waals surface area contributed by atoms with Crippen LogP contribution >= 0.6 is 15.9 Å². The predicted octanol–water partition coefficient (Wildman–Crippen LogP) is 3.08. The minimum absolute atomic E-state index is 0.0437. The minimum atomic E-state index is -1.34. The molecule has 1 aromatic carbocycles. The summed E-state index contributed by atoms with van der Waals surface area (Å²) in [7, 11) is 0. The predicted molar refractivity (Wildman–Crippen MR) is 56.5 cm³/mol. The van der Waals surface area contributed by atoms with Crippen molar-refractivity contribution in [2.45, 2.75) is 0 Å². The highest BCUT2D eigenvalue weighted by molar-refractivity contribution is 9.10. The number of carboxylic acid groups (broad SMARTS) is 1. The molecule has 0 fully saturated rings. The number of hydrogen-bond acceptors (Lipinski definition) is 3. The third-order valence-electron chi connectivity index (χ3n) is 2.02. The second kappa shape index (κ2) is 4.25. The Labute approximate surface area is 102 Å². The molecular weight excluding hydrogens is 300 g/mol. The summed E-state index contributed by atoms with van der Waals surface area (Å²) < 4.78 is 31.7. The summed E-state index contributed by atoms with van der Waals surface area (Å²) in [5, 5.41) is 11.8. The quantitative estimate of drug-likeness (QED) is 0.866. The molecule has 7 heteroatoms. The Bertz CT molecular complexity index is 597. The van der Waals surface area contributed by atoms with E-state index in [-0.39, 0.29) is 10.2 Å². The summed E-state index contributed by atoms with van der Waals surface area (Å²) >= 11 is 2.89. The number of hydrogen-bond donors (Lipinski definition) is 1. The molecule has 2 aromatic rings. The molecule has 0 aliphatic carbocycles. The van der Waals surface area contributed by atoms with Crippen LogP contribution in [0.2, 0.25) is 0 Å². The smallest absolute Gasteiger partial charge is 0.358 e. The van der Waals surface area contributed by atoms with Gasteiger partial charge in [-0.2, -0.15) is 0 Å². The van der Waals surface area contributed by atoms with Crippen LogP contribution in [-0.2, 0) is 0 Å². The first-order valence-electron chi connectivity index (χ1n) is 4.34. The number of aromatic nitrogens is 1. The first-order chi connectivity index (χ1) is 8.00. The molecule has 0 saturated carbocycles. The van der Waals surface area contributed by atoms with Gasteiger partial charge in [0.15, 0.2) is 17.3 Å². The lowest BCUT2D eigenvalue weighted by Gasteiger charge is -2.01. The SMILES string of the molecule is O=C(O)c1cc(-c2c(F)ccc(Br)c2F)on1. The van der Waals surface area contributed by atoms with E-state index < -0.39 is 28.9 Å². The van der Waals surface area contributed by atoms with Crippen LogP contribution in [0.1, 0.15) is 10.5 Å². The van der Waals surface area contributed by atoms with Crippen LogP contribution in [0, 0.1) is 11.6 Å². The lowest BCUT2D eigenvalue weighted by Crippen LogP contribution is -1.94. The number of carboxylic acids is 1. The molecule has 88 valence electrons. The molecule has 0 saturated heterocycles. The third kappa shape index (κ3) is 2.05. The number of halogens is 3. The highest BCUT2D eigenvalue weighted by atomic mass is 79.9. The zero-order valence-electron chi connectivity index (χ0n) is 8.08. The zero-order valence-corrected chi connectivity index (χ0v) is 9.66. The van der Waals surface area contributed by atoms with Crippen molar-refractivity contribution >= 4 is 21.9 Å². The van der Waals surface area contributed by atoms with Gasteiger partial charge in [0.2, 0.25) is 0 Å². The molecule has 0 aliphatic rings. The van der Waals surface area contributed by atoms with Crippen LogP contribution in [0.4, 0.5) is 8.78 Å². The minimum Gasteiger partial charge on any atom is -0.476 e. The molecule has 17 heavy (non-hydrogen) atoms. The van der Waals surface area contributed by atoms with Crippen LogP contribution in [0.5, 0.6) is 0 Å². The van der Waals surface area contributed by atoms with Crippen LogP contribution < -0.4 is 0 Å². The maximum absolute atomic E-state index is 13.6. The Kier molecular flexibility index (Phi) is 2.93. The van der Waals surface area contributed by atoms with Gasteiger partial charge in [-0.1, -0.05) is 5.16 Å². The Morgan fingerprint density at radius 1 is 1.41 bits per heavy atom. The molecule has 0 atom stereocenters. The van der Waals surface area contributed by atoms with E-state index in [0.29, 0.717) is 0 Å². The zero-order chi connectivity index (χ0) is 12.6. The van der Waals surface area contributed by atoms with Gasteiger partial charge in [0.1, 0.15) is 5.82 Å². The molecule has 0 aliphatic heterocycles. The number of aromatic carboxylic acids is 1. The lowest BCUT2D eigenvalue weighted by molar-refractivity contribution is 0.0686. The fourth-order valence-corrected chi connectivity index (χ4v) is 1.58. The van der Waals surface area contributed by atoms with E-state index in [1.807, 2.05) is 0 Å². The third-order valence-corrected chi connectivity index (χ3v) is 2.63. The Morgan fingerprint density at radius 2 is 2.12 bits per heavy atom. The van der Waals surface area contributed by atoms with E-state index in [1.165, 1.54) is 6.07 Å². The summed E-state index contributed by atoms with van der Waals surface area (Å²) in [5.74, 6) is -3.36. The normalized spacial score (nSPS) is 10.5. The van der Waals surface area contributed by atoms with Crippen LogP contribution in [0.3, 0.4) is 0 Å².